The van der Waals surface area contributed by atoms with Crippen molar-refractivity contribution in [1.82, 2.24) is 0 Å². The van der Waals surface area contributed by atoms with Crippen LogP contribution in [0, 0.1) is 10.8 Å². The molecule has 1 N–H and O–H groups in total. The fourth-order valence-corrected chi connectivity index (χ4v) is 3.72. The third-order valence-electron chi connectivity index (χ3n) is 5.87. The molecular formula is C33H60O. The van der Waals surface area contributed by atoms with Gasteiger partial charge in [0.2, 0.25) is 0 Å². The van der Waals surface area contributed by atoms with E-state index in [9.17, 15) is 5.11 Å². The van der Waals surface area contributed by atoms with Gasteiger partial charge in [-0.15, -0.1) is 0 Å². The molecule has 0 radical (unpaired) electrons. The molecule has 0 aliphatic carbocycles. The molecule has 0 aliphatic rings. The minimum atomic E-state index is -0.509. The van der Waals surface area contributed by atoms with Crippen LogP contribution in [0.3, 0.4) is 0 Å². The molecule has 0 heterocycles. The normalized spacial score (nSPS) is 14.5. The zero-order valence-electron chi connectivity index (χ0n) is 26.1. The maximum absolute atomic E-state index is 11.4. The Kier molecular flexibility index (Phi) is 14.0. The summed E-state index contributed by atoms with van der Waals surface area (Å²) in [6, 6.07) is 6.92. The summed E-state index contributed by atoms with van der Waals surface area (Å²) in [5, 5.41) is 11.4. The Hall–Kier alpha value is -1.34. The Bertz CT molecular complexity index is 746. The number of allylic oxidation sites excluding steroid dienone is 3. The van der Waals surface area contributed by atoms with E-state index in [-0.39, 0.29) is 21.7 Å². The quantitative estimate of drug-likeness (QED) is 0.432. The lowest BCUT2D eigenvalue weighted by atomic mass is 9.76. The molecule has 0 aromatic heterocycles. The van der Waals surface area contributed by atoms with Crippen molar-refractivity contribution < 1.29 is 5.11 Å². The summed E-state index contributed by atoms with van der Waals surface area (Å²) in [4.78, 5) is 0. The Labute approximate surface area is 215 Å². The summed E-state index contributed by atoms with van der Waals surface area (Å²) in [7, 11) is 0. The SMILES string of the molecule is C/C=C(\C=C(\C(O)Cc1cc(C(C)(C)C)cc(C(C)(C)C)c1)C(C)(C)C)C(C)(C)C.CC.CC. The first-order valence-corrected chi connectivity index (χ1v) is 13.5. The summed E-state index contributed by atoms with van der Waals surface area (Å²) < 4.78 is 0. The highest BCUT2D eigenvalue weighted by Crippen LogP contribution is 2.36. The number of benzene rings is 1. The highest BCUT2D eigenvalue weighted by Gasteiger charge is 2.27. The number of aliphatic hydroxyl groups is 1. The minimum Gasteiger partial charge on any atom is -0.388 e. The van der Waals surface area contributed by atoms with E-state index in [0.29, 0.717) is 6.42 Å². The first-order chi connectivity index (χ1) is 15.3. The van der Waals surface area contributed by atoms with Crippen LogP contribution in [0.15, 0.2) is 41.5 Å². The first kappa shape index (κ1) is 34.8. The van der Waals surface area contributed by atoms with Crippen molar-refractivity contribution in [1.29, 1.82) is 0 Å². The number of aliphatic hydroxyl groups excluding tert-OH is 1. The molecule has 1 atom stereocenters. The van der Waals surface area contributed by atoms with Gasteiger partial charge < -0.3 is 5.11 Å². The van der Waals surface area contributed by atoms with Gasteiger partial charge >= 0.3 is 0 Å². The standard InChI is InChI=1S/C29H48O.2C2H6/c1-14-21(26(2,3)4)19-24(29(11,12)13)25(30)17-20-15-22(27(5,6)7)18-23(16-20)28(8,9)10;2*1-2/h14-16,18-19,25,30H,17H2,1-13H3;2*1-2H3/b21-14+,24-19-;;. The van der Waals surface area contributed by atoms with Gasteiger partial charge in [0, 0.05) is 6.42 Å². The van der Waals surface area contributed by atoms with Gasteiger partial charge in [-0.05, 0) is 56.4 Å². The lowest BCUT2D eigenvalue weighted by Crippen LogP contribution is -2.26. The van der Waals surface area contributed by atoms with E-state index in [0.717, 1.165) is 5.57 Å². The van der Waals surface area contributed by atoms with Crippen LogP contribution in [0.25, 0.3) is 0 Å². The predicted octanol–water partition coefficient (Wildman–Crippen LogP) is 10.2. The molecule has 0 saturated carbocycles. The van der Waals surface area contributed by atoms with E-state index in [4.69, 9.17) is 0 Å². The molecule has 1 nitrogen and oxygen atoms in total. The van der Waals surface area contributed by atoms with E-state index < -0.39 is 6.10 Å². The molecule has 1 aromatic rings. The van der Waals surface area contributed by atoms with Gasteiger partial charge in [0.25, 0.3) is 0 Å². The van der Waals surface area contributed by atoms with Gasteiger partial charge in [-0.25, -0.2) is 0 Å². The second-order valence-corrected chi connectivity index (χ2v) is 13.0. The van der Waals surface area contributed by atoms with E-state index in [1.54, 1.807) is 0 Å². The third-order valence-corrected chi connectivity index (χ3v) is 5.87. The molecule has 0 saturated heterocycles. The van der Waals surface area contributed by atoms with E-state index >= 15 is 0 Å². The van der Waals surface area contributed by atoms with E-state index in [1.165, 1.54) is 22.3 Å². The van der Waals surface area contributed by atoms with Crippen LogP contribution >= 0.6 is 0 Å². The van der Waals surface area contributed by atoms with Crippen LogP contribution < -0.4 is 0 Å². The smallest absolute Gasteiger partial charge is 0.0798 e. The van der Waals surface area contributed by atoms with Crippen LogP contribution in [-0.4, -0.2) is 11.2 Å². The lowest BCUT2D eigenvalue weighted by molar-refractivity contribution is 0.184. The molecular weight excluding hydrogens is 412 g/mol. The van der Waals surface area contributed by atoms with Crippen LogP contribution in [0.5, 0.6) is 0 Å². The zero-order chi connectivity index (χ0) is 27.7. The van der Waals surface area contributed by atoms with E-state index in [1.807, 2.05) is 27.7 Å². The summed E-state index contributed by atoms with van der Waals surface area (Å²) in [5.74, 6) is 0. The average molecular weight is 473 g/mol. The summed E-state index contributed by atoms with van der Waals surface area (Å²) >= 11 is 0. The highest BCUT2D eigenvalue weighted by molar-refractivity contribution is 5.39. The molecule has 1 heteroatoms. The zero-order valence-corrected chi connectivity index (χ0v) is 26.1. The number of rotatable bonds is 4. The van der Waals surface area contributed by atoms with Gasteiger partial charge in [0.1, 0.15) is 0 Å². The van der Waals surface area contributed by atoms with Gasteiger partial charge in [-0.3, -0.25) is 0 Å². The number of hydrogen-bond donors (Lipinski definition) is 1. The van der Waals surface area contributed by atoms with Gasteiger partial charge in [-0.1, -0.05) is 141 Å². The molecule has 198 valence electrons. The fourth-order valence-electron chi connectivity index (χ4n) is 3.72. The van der Waals surface area contributed by atoms with Crippen LogP contribution in [0.1, 0.15) is 134 Å². The second kappa shape index (κ2) is 13.7. The molecule has 1 rings (SSSR count). The molecule has 0 amide bonds. The molecule has 0 spiro atoms. The molecule has 0 fully saturated rings. The van der Waals surface area contributed by atoms with E-state index in [2.05, 4.69) is 120 Å². The topological polar surface area (TPSA) is 20.2 Å². The van der Waals surface area contributed by atoms with Gasteiger partial charge in [0.05, 0.1) is 6.10 Å². The average Bonchev–Trinajstić information content (AvgIpc) is 2.68. The Morgan fingerprint density at radius 1 is 0.706 bits per heavy atom. The lowest BCUT2D eigenvalue weighted by Gasteiger charge is -2.31. The second-order valence-electron chi connectivity index (χ2n) is 13.0. The maximum Gasteiger partial charge on any atom is 0.0798 e. The van der Waals surface area contributed by atoms with Crippen LogP contribution in [0.4, 0.5) is 0 Å². The predicted molar refractivity (Wildman–Crippen MR) is 157 cm³/mol. The third kappa shape index (κ3) is 11.4. The Balaban J connectivity index is 0. The maximum atomic E-state index is 11.4. The summed E-state index contributed by atoms with van der Waals surface area (Å²) in [6.45, 7) is 36.9. The molecule has 1 aromatic carbocycles. The van der Waals surface area contributed by atoms with Gasteiger partial charge in [0.15, 0.2) is 0 Å². The monoisotopic (exact) mass is 472 g/mol. The van der Waals surface area contributed by atoms with Crippen molar-refractivity contribution in [2.45, 2.75) is 141 Å². The summed E-state index contributed by atoms with van der Waals surface area (Å²) in [5.41, 5.74) is 6.36. The van der Waals surface area contributed by atoms with Crippen LogP contribution in [0.2, 0.25) is 0 Å². The first-order valence-electron chi connectivity index (χ1n) is 13.5. The van der Waals surface area contributed by atoms with Crippen LogP contribution in [-0.2, 0) is 17.3 Å². The number of hydrogen-bond acceptors (Lipinski definition) is 1. The van der Waals surface area contributed by atoms with Crippen molar-refractivity contribution in [3.05, 3.63) is 58.2 Å². The molecule has 1 unspecified atom stereocenters. The van der Waals surface area contributed by atoms with Crippen molar-refractivity contribution in [2.24, 2.45) is 10.8 Å². The molecule has 0 bridgehead atoms. The Morgan fingerprint density at radius 2 is 1.09 bits per heavy atom. The molecule has 34 heavy (non-hydrogen) atoms. The summed E-state index contributed by atoms with van der Waals surface area (Å²) in [6.07, 6.45) is 4.54. The minimum absolute atomic E-state index is 0.0521. The van der Waals surface area contributed by atoms with Crippen molar-refractivity contribution in [3.63, 3.8) is 0 Å². The largest absolute Gasteiger partial charge is 0.388 e. The highest BCUT2D eigenvalue weighted by atomic mass is 16.3. The van der Waals surface area contributed by atoms with Gasteiger partial charge in [-0.2, -0.15) is 0 Å². The fraction of sp³-hybridized carbons (Fsp3) is 0.697. The Morgan fingerprint density at radius 3 is 1.35 bits per heavy atom. The van der Waals surface area contributed by atoms with Crippen molar-refractivity contribution in [2.75, 3.05) is 0 Å². The van der Waals surface area contributed by atoms with Crippen molar-refractivity contribution >= 4 is 0 Å². The molecule has 0 aliphatic heterocycles. The van der Waals surface area contributed by atoms with Crippen molar-refractivity contribution in [3.8, 4) is 0 Å².